The van der Waals surface area contributed by atoms with Gasteiger partial charge in [0, 0.05) is 24.7 Å². The maximum atomic E-state index is 12.4. The fourth-order valence-electron chi connectivity index (χ4n) is 2.70. The van der Waals surface area contributed by atoms with Crippen LogP contribution >= 0.6 is 0 Å². The van der Waals surface area contributed by atoms with Gasteiger partial charge in [0.05, 0.1) is 6.42 Å². The first-order valence-electron chi connectivity index (χ1n) is 6.79. The lowest BCUT2D eigenvalue weighted by Gasteiger charge is -2.27. The predicted molar refractivity (Wildman–Crippen MR) is 75.1 cm³/mol. The molecule has 1 N–H and O–H groups in total. The molecule has 0 radical (unpaired) electrons. The summed E-state index contributed by atoms with van der Waals surface area (Å²) in [6.45, 7) is 1.75. The molecule has 0 bridgehead atoms. The number of likely N-dealkylation sites (N-methyl/N-ethyl adjacent to an activating group) is 1. The topological polar surface area (TPSA) is 43.8 Å². The molecule has 0 spiro atoms. The van der Waals surface area contributed by atoms with Crippen molar-refractivity contribution in [3.8, 4) is 5.75 Å². The summed E-state index contributed by atoms with van der Waals surface area (Å²) in [5.74, 6) is 0.324. The quantitative estimate of drug-likeness (QED) is 0.894. The van der Waals surface area contributed by atoms with E-state index in [1.807, 2.05) is 31.1 Å². The summed E-state index contributed by atoms with van der Waals surface area (Å²) in [7, 11) is 4.06. The van der Waals surface area contributed by atoms with Crippen molar-refractivity contribution in [1.29, 1.82) is 0 Å². The van der Waals surface area contributed by atoms with Crippen molar-refractivity contribution in [3.05, 3.63) is 29.8 Å². The molecule has 1 unspecified atom stereocenters. The molecule has 1 aliphatic heterocycles. The van der Waals surface area contributed by atoms with Gasteiger partial charge in [-0.1, -0.05) is 18.2 Å². The van der Waals surface area contributed by atoms with Crippen LogP contribution in [0.25, 0.3) is 0 Å². The lowest BCUT2D eigenvalue weighted by molar-refractivity contribution is -0.131. The van der Waals surface area contributed by atoms with Crippen molar-refractivity contribution in [2.45, 2.75) is 25.3 Å². The second-order valence-electron chi connectivity index (χ2n) is 5.45. The van der Waals surface area contributed by atoms with E-state index in [0.717, 1.165) is 25.9 Å². The normalized spacial score (nSPS) is 19.1. The van der Waals surface area contributed by atoms with Crippen LogP contribution in [0.3, 0.4) is 0 Å². The number of hydrogen-bond acceptors (Lipinski definition) is 3. The molecule has 1 fully saturated rings. The summed E-state index contributed by atoms with van der Waals surface area (Å²) in [5, 5.41) is 9.73. The molecule has 1 aromatic rings. The van der Waals surface area contributed by atoms with E-state index in [9.17, 15) is 9.90 Å². The van der Waals surface area contributed by atoms with Crippen LogP contribution in [0.4, 0.5) is 0 Å². The van der Waals surface area contributed by atoms with Crippen LogP contribution < -0.4 is 0 Å². The summed E-state index contributed by atoms with van der Waals surface area (Å²) in [6.07, 6.45) is 2.44. The maximum Gasteiger partial charge on any atom is 0.227 e. The molecule has 19 heavy (non-hydrogen) atoms. The average molecular weight is 262 g/mol. The van der Waals surface area contributed by atoms with Crippen LogP contribution in [0.2, 0.25) is 0 Å². The number of phenols is 1. The molecule has 4 nitrogen and oxygen atoms in total. The van der Waals surface area contributed by atoms with Gasteiger partial charge in [-0.25, -0.2) is 0 Å². The van der Waals surface area contributed by atoms with Crippen LogP contribution in [-0.4, -0.2) is 54.0 Å². The van der Waals surface area contributed by atoms with Crippen LogP contribution in [0.1, 0.15) is 18.4 Å². The molecular weight excluding hydrogens is 240 g/mol. The van der Waals surface area contributed by atoms with Gasteiger partial charge in [0.1, 0.15) is 5.75 Å². The second kappa shape index (κ2) is 6.06. The summed E-state index contributed by atoms with van der Waals surface area (Å²) in [5.41, 5.74) is 0.711. The fourth-order valence-corrected chi connectivity index (χ4v) is 2.70. The Morgan fingerprint density at radius 2 is 2.16 bits per heavy atom. The lowest BCUT2D eigenvalue weighted by atomic mass is 10.1. The Labute approximate surface area is 114 Å². The van der Waals surface area contributed by atoms with E-state index in [1.54, 1.807) is 12.1 Å². The molecular formula is C15H22N2O2. The summed E-state index contributed by atoms with van der Waals surface area (Å²) in [6, 6.07) is 7.37. The molecule has 4 heteroatoms. The zero-order chi connectivity index (χ0) is 13.8. The van der Waals surface area contributed by atoms with E-state index in [4.69, 9.17) is 0 Å². The number of amides is 1. The number of carbonyl (C=O) groups is 1. The van der Waals surface area contributed by atoms with E-state index >= 15 is 0 Å². The molecule has 1 aliphatic rings. The highest BCUT2D eigenvalue weighted by molar-refractivity contribution is 5.80. The fraction of sp³-hybridized carbons (Fsp3) is 0.533. The van der Waals surface area contributed by atoms with Crippen molar-refractivity contribution in [3.63, 3.8) is 0 Å². The van der Waals surface area contributed by atoms with Crippen LogP contribution in [0, 0.1) is 0 Å². The Kier molecular flexibility index (Phi) is 4.43. The third-order valence-electron chi connectivity index (χ3n) is 3.61. The van der Waals surface area contributed by atoms with Crippen LogP contribution in [0.15, 0.2) is 24.3 Å². The van der Waals surface area contributed by atoms with E-state index in [1.165, 1.54) is 0 Å². The number of benzene rings is 1. The first-order valence-corrected chi connectivity index (χ1v) is 6.79. The molecule has 1 aromatic carbocycles. The van der Waals surface area contributed by atoms with E-state index in [0.29, 0.717) is 11.6 Å². The number of rotatable bonds is 4. The third kappa shape index (κ3) is 3.47. The largest absolute Gasteiger partial charge is 0.508 e. The summed E-state index contributed by atoms with van der Waals surface area (Å²) >= 11 is 0. The smallest absolute Gasteiger partial charge is 0.227 e. The molecule has 1 atom stereocenters. The molecule has 1 saturated heterocycles. The SMILES string of the molecule is CN(C)CC1CCCN1C(=O)Cc1ccccc1O. The molecule has 1 heterocycles. The van der Waals surface area contributed by atoms with Crippen molar-refractivity contribution in [2.75, 3.05) is 27.2 Å². The minimum Gasteiger partial charge on any atom is -0.508 e. The maximum absolute atomic E-state index is 12.4. The zero-order valence-corrected chi connectivity index (χ0v) is 11.7. The zero-order valence-electron chi connectivity index (χ0n) is 11.7. The standard InChI is InChI=1S/C15H22N2O2/c1-16(2)11-13-7-5-9-17(13)15(19)10-12-6-3-4-8-14(12)18/h3-4,6,8,13,18H,5,7,9-11H2,1-2H3. The minimum atomic E-state index is 0.117. The molecule has 104 valence electrons. The number of aromatic hydroxyl groups is 1. The average Bonchev–Trinajstić information content (AvgIpc) is 2.79. The van der Waals surface area contributed by atoms with Gasteiger partial charge in [0.15, 0.2) is 0 Å². The Morgan fingerprint density at radius 3 is 2.84 bits per heavy atom. The van der Waals surface area contributed by atoms with E-state index < -0.39 is 0 Å². The van der Waals surface area contributed by atoms with Gasteiger partial charge in [-0.2, -0.15) is 0 Å². The van der Waals surface area contributed by atoms with Gasteiger partial charge >= 0.3 is 0 Å². The first-order chi connectivity index (χ1) is 9.08. The summed E-state index contributed by atoms with van der Waals surface area (Å²) < 4.78 is 0. The third-order valence-corrected chi connectivity index (χ3v) is 3.61. The number of phenolic OH excluding ortho intramolecular Hbond substituents is 1. The number of hydrogen-bond donors (Lipinski definition) is 1. The van der Waals surface area contributed by atoms with Crippen molar-refractivity contribution < 1.29 is 9.90 Å². The van der Waals surface area contributed by atoms with Gasteiger partial charge in [-0.15, -0.1) is 0 Å². The Bertz CT molecular complexity index is 446. The van der Waals surface area contributed by atoms with Gasteiger partial charge < -0.3 is 14.9 Å². The molecule has 0 aromatic heterocycles. The lowest BCUT2D eigenvalue weighted by Crippen LogP contribution is -2.42. The van der Waals surface area contributed by atoms with E-state index in [2.05, 4.69) is 4.90 Å². The van der Waals surface area contributed by atoms with Gasteiger partial charge in [-0.3, -0.25) is 4.79 Å². The highest BCUT2D eigenvalue weighted by Gasteiger charge is 2.29. The van der Waals surface area contributed by atoms with Crippen molar-refractivity contribution >= 4 is 5.91 Å². The monoisotopic (exact) mass is 262 g/mol. The predicted octanol–water partition coefficient (Wildman–Crippen LogP) is 1.49. The summed E-state index contributed by atoms with van der Waals surface area (Å²) in [4.78, 5) is 16.4. The van der Waals surface area contributed by atoms with Gasteiger partial charge in [0.25, 0.3) is 0 Å². The number of likely N-dealkylation sites (tertiary alicyclic amines) is 1. The van der Waals surface area contributed by atoms with Crippen LogP contribution in [-0.2, 0) is 11.2 Å². The molecule has 1 amide bonds. The molecule has 0 saturated carbocycles. The molecule has 2 rings (SSSR count). The minimum absolute atomic E-state index is 0.117. The van der Waals surface area contributed by atoms with Crippen LogP contribution in [0.5, 0.6) is 5.75 Å². The van der Waals surface area contributed by atoms with Gasteiger partial charge in [-0.05, 0) is 33.0 Å². The number of para-hydroxylation sites is 1. The second-order valence-corrected chi connectivity index (χ2v) is 5.45. The Morgan fingerprint density at radius 1 is 1.42 bits per heavy atom. The Hall–Kier alpha value is -1.55. The molecule has 0 aliphatic carbocycles. The van der Waals surface area contributed by atoms with Crippen molar-refractivity contribution in [1.82, 2.24) is 9.80 Å². The highest BCUT2D eigenvalue weighted by Crippen LogP contribution is 2.22. The van der Waals surface area contributed by atoms with Gasteiger partial charge in [0.2, 0.25) is 5.91 Å². The Balaban J connectivity index is 2.01. The first kappa shape index (κ1) is 13.9. The highest BCUT2D eigenvalue weighted by atomic mass is 16.3. The number of nitrogens with zero attached hydrogens (tertiary/aromatic N) is 2. The number of carbonyl (C=O) groups excluding carboxylic acids is 1. The van der Waals surface area contributed by atoms with Crippen molar-refractivity contribution in [2.24, 2.45) is 0 Å². The van der Waals surface area contributed by atoms with E-state index in [-0.39, 0.29) is 18.1 Å².